The van der Waals surface area contributed by atoms with E-state index in [0.717, 1.165) is 6.42 Å². The van der Waals surface area contributed by atoms with Gasteiger partial charge in [-0.05, 0) is 49.3 Å². The molecule has 2 rings (SSSR count). The first-order valence-corrected chi connectivity index (χ1v) is 7.27. The molecule has 1 aliphatic rings. The van der Waals surface area contributed by atoms with Crippen molar-refractivity contribution in [3.63, 3.8) is 0 Å². The average Bonchev–Trinajstić information content (AvgIpc) is 2.39. The van der Waals surface area contributed by atoms with Crippen molar-refractivity contribution in [2.75, 3.05) is 18.0 Å². The van der Waals surface area contributed by atoms with E-state index in [1.165, 1.54) is 43.6 Å². The summed E-state index contributed by atoms with van der Waals surface area (Å²) in [5.41, 5.74) is 8.91. The van der Waals surface area contributed by atoms with E-state index in [9.17, 15) is 0 Å². The lowest BCUT2D eigenvalue weighted by molar-refractivity contribution is 0.509. The van der Waals surface area contributed by atoms with Gasteiger partial charge in [0.1, 0.15) is 0 Å². The molecular formula is C16H26N2. The van der Waals surface area contributed by atoms with Crippen LogP contribution < -0.4 is 10.6 Å². The molecule has 1 heterocycles. The molecule has 2 nitrogen and oxygen atoms in total. The van der Waals surface area contributed by atoms with Gasteiger partial charge < -0.3 is 10.6 Å². The minimum absolute atomic E-state index is 0.176. The molecule has 1 aliphatic heterocycles. The molecule has 0 radical (unpaired) electrons. The van der Waals surface area contributed by atoms with Crippen LogP contribution >= 0.6 is 0 Å². The van der Waals surface area contributed by atoms with E-state index in [0.29, 0.717) is 5.92 Å². The molecule has 1 unspecified atom stereocenters. The molecule has 2 heteroatoms. The number of hydrogen-bond donors (Lipinski definition) is 1. The van der Waals surface area contributed by atoms with Crippen LogP contribution in [-0.4, -0.2) is 13.1 Å². The van der Waals surface area contributed by atoms with Gasteiger partial charge in [0.25, 0.3) is 0 Å². The summed E-state index contributed by atoms with van der Waals surface area (Å²) in [5, 5.41) is 0. The predicted octanol–water partition coefficient (Wildman–Crippen LogP) is 3.72. The topological polar surface area (TPSA) is 29.3 Å². The van der Waals surface area contributed by atoms with Gasteiger partial charge in [0, 0.05) is 24.8 Å². The van der Waals surface area contributed by atoms with E-state index in [2.05, 4.69) is 43.0 Å². The van der Waals surface area contributed by atoms with Crippen molar-refractivity contribution in [3.8, 4) is 0 Å². The van der Waals surface area contributed by atoms with Crippen LogP contribution in [0.25, 0.3) is 0 Å². The van der Waals surface area contributed by atoms with Gasteiger partial charge in [-0.15, -0.1) is 0 Å². The van der Waals surface area contributed by atoms with E-state index < -0.39 is 0 Å². The van der Waals surface area contributed by atoms with Crippen LogP contribution in [0, 0.1) is 5.92 Å². The van der Waals surface area contributed by atoms with Gasteiger partial charge in [0.2, 0.25) is 0 Å². The number of hydrogen-bond acceptors (Lipinski definition) is 2. The first kappa shape index (κ1) is 13.4. The van der Waals surface area contributed by atoms with Crippen LogP contribution in [0.2, 0.25) is 0 Å². The SMILES string of the molecule is CC(C)CC(N)c1cccc(N2CCCCC2)c1. The zero-order valence-corrected chi connectivity index (χ0v) is 11.7. The van der Waals surface area contributed by atoms with Gasteiger partial charge in [0.05, 0.1) is 0 Å². The molecule has 1 aromatic rings. The second-order valence-electron chi connectivity index (χ2n) is 5.88. The highest BCUT2D eigenvalue weighted by Crippen LogP contribution is 2.25. The molecule has 1 fully saturated rings. The molecule has 0 spiro atoms. The van der Waals surface area contributed by atoms with Crippen LogP contribution in [0.4, 0.5) is 5.69 Å². The minimum atomic E-state index is 0.176. The number of rotatable bonds is 4. The Hall–Kier alpha value is -1.02. The number of piperidine rings is 1. The van der Waals surface area contributed by atoms with Crippen LogP contribution in [0.3, 0.4) is 0 Å². The third-order valence-corrected chi connectivity index (χ3v) is 3.74. The predicted molar refractivity (Wildman–Crippen MR) is 78.9 cm³/mol. The Kier molecular flexibility index (Phi) is 4.65. The van der Waals surface area contributed by atoms with Gasteiger partial charge >= 0.3 is 0 Å². The first-order chi connectivity index (χ1) is 8.66. The highest BCUT2D eigenvalue weighted by atomic mass is 15.1. The lowest BCUT2D eigenvalue weighted by Gasteiger charge is -2.29. The summed E-state index contributed by atoms with van der Waals surface area (Å²) in [6, 6.07) is 9.00. The highest BCUT2D eigenvalue weighted by Gasteiger charge is 2.13. The smallest absolute Gasteiger partial charge is 0.0369 e. The van der Waals surface area contributed by atoms with Crippen LogP contribution in [0.1, 0.15) is 51.1 Å². The molecule has 0 amide bonds. The van der Waals surface area contributed by atoms with Gasteiger partial charge in [-0.2, -0.15) is 0 Å². The van der Waals surface area contributed by atoms with Crippen molar-refractivity contribution < 1.29 is 0 Å². The summed E-state index contributed by atoms with van der Waals surface area (Å²) in [5.74, 6) is 0.652. The second-order valence-corrected chi connectivity index (χ2v) is 5.88. The first-order valence-electron chi connectivity index (χ1n) is 7.27. The third kappa shape index (κ3) is 3.49. The van der Waals surface area contributed by atoms with Crippen LogP contribution in [-0.2, 0) is 0 Å². The summed E-state index contributed by atoms with van der Waals surface area (Å²) >= 11 is 0. The zero-order valence-electron chi connectivity index (χ0n) is 11.7. The van der Waals surface area contributed by atoms with Crippen molar-refractivity contribution in [1.82, 2.24) is 0 Å². The molecule has 0 bridgehead atoms. The monoisotopic (exact) mass is 246 g/mol. The molecular weight excluding hydrogens is 220 g/mol. The number of nitrogens with two attached hydrogens (primary N) is 1. The molecule has 1 aromatic carbocycles. The fraction of sp³-hybridized carbons (Fsp3) is 0.625. The van der Waals surface area contributed by atoms with E-state index in [1.807, 2.05) is 0 Å². The fourth-order valence-corrected chi connectivity index (χ4v) is 2.75. The summed E-state index contributed by atoms with van der Waals surface area (Å²) in [7, 11) is 0. The normalized spacial score (nSPS) is 18.1. The van der Waals surface area contributed by atoms with Crippen LogP contribution in [0.15, 0.2) is 24.3 Å². The second kappa shape index (κ2) is 6.24. The lowest BCUT2D eigenvalue weighted by atomic mass is 9.97. The maximum Gasteiger partial charge on any atom is 0.0369 e. The van der Waals surface area contributed by atoms with E-state index in [4.69, 9.17) is 5.73 Å². The minimum Gasteiger partial charge on any atom is -0.372 e. The molecule has 18 heavy (non-hydrogen) atoms. The van der Waals surface area contributed by atoms with E-state index in [1.54, 1.807) is 0 Å². The summed E-state index contributed by atoms with van der Waals surface area (Å²) < 4.78 is 0. The Bertz CT molecular complexity index is 367. The maximum atomic E-state index is 6.28. The van der Waals surface area contributed by atoms with E-state index in [-0.39, 0.29) is 6.04 Å². The summed E-state index contributed by atoms with van der Waals surface area (Å²) in [6.07, 6.45) is 5.08. The average molecular weight is 246 g/mol. The highest BCUT2D eigenvalue weighted by molar-refractivity contribution is 5.49. The van der Waals surface area contributed by atoms with Crippen molar-refractivity contribution >= 4 is 5.69 Å². The fourth-order valence-electron chi connectivity index (χ4n) is 2.75. The zero-order chi connectivity index (χ0) is 13.0. The van der Waals surface area contributed by atoms with Crippen molar-refractivity contribution in [1.29, 1.82) is 0 Å². The molecule has 0 aliphatic carbocycles. The Morgan fingerprint density at radius 2 is 1.89 bits per heavy atom. The number of benzene rings is 1. The van der Waals surface area contributed by atoms with Gasteiger partial charge in [-0.25, -0.2) is 0 Å². The molecule has 1 atom stereocenters. The largest absolute Gasteiger partial charge is 0.372 e. The Morgan fingerprint density at radius 1 is 1.17 bits per heavy atom. The van der Waals surface area contributed by atoms with Gasteiger partial charge in [0.15, 0.2) is 0 Å². The van der Waals surface area contributed by atoms with Crippen LogP contribution in [0.5, 0.6) is 0 Å². The van der Waals surface area contributed by atoms with Gasteiger partial charge in [-0.1, -0.05) is 26.0 Å². The molecule has 0 saturated carbocycles. The molecule has 100 valence electrons. The van der Waals surface area contributed by atoms with Crippen molar-refractivity contribution in [2.45, 2.75) is 45.6 Å². The number of anilines is 1. The maximum absolute atomic E-state index is 6.28. The Morgan fingerprint density at radius 3 is 2.56 bits per heavy atom. The number of nitrogens with zero attached hydrogens (tertiary/aromatic N) is 1. The lowest BCUT2D eigenvalue weighted by Crippen LogP contribution is -2.29. The quantitative estimate of drug-likeness (QED) is 0.877. The standard InChI is InChI=1S/C16H26N2/c1-13(2)11-16(17)14-7-6-8-15(12-14)18-9-4-3-5-10-18/h6-8,12-13,16H,3-5,9-11,17H2,1-2H3. The molecule has 0 aromatic heterocycles. The third-order valence-electron chi connectivity index (χ3n) is 3.74. The Labute approximate surface area is 111 Å². The van der Waals surface area contributed by atoms with Gasteiger partial charge in [-0.3, -0.25) is 0 Å². The Balaban J connectivity index is 2.08. The summed E-state index contributed by atoms with van der Waals surface area (Å²) in [6.45, 7) is 6.86. The summed E-state index contributed by atoms with van der Waals surface area (Å²) in [4.78, 5) is 2.50. The van der Waals surface area contributed by atoms with E-state index >= 15 is 0 Å². The molecule has 2 N–H and O–H groups in total. The molecule has 1 saturated heterocycles. The van der Waals surface area contributed by atoms with Crippen molar-refractivity contribution in [2.24, 2.45) is 11.7 Å². The van der Waals surface area contributed by atoms with Crippen molar-refractivity contribution in [3.05, 3.63) is 29.8 Å².